The van der Waals surface area contributed by atoms with Gasteiger partial charge >= 0.3 is 0 Å². The number of hydrogen-bond donors (Lipinski definition) is 0. The highest BCUT2D eigenvalue weighted by molar-refractivity contribution is 5.39. The largest absolute Gasteiger partial charge is 0.0663 e. The van der Waals surface area contributed by atoms with Gasteiger partial charge in [-0.05, 0) is 92.3 Å². The summed E-state index contributed by atoms with van der Waals surface area (Å²) < 4.78 is 0. The van der Waals surface area contributed by atoms with Gasteiger partial charge in [0.05, 0.1) is 0 Å². The molecule has 0 heterocycles. The summed E-state index contributed by atoms with van der Waals surface area (Å²) in [5.74, 6) is 4.31. The molecule has 0 aromatic heterocycles. The van der Waals surface area contributed by atoms with Crippen LogP contribution in [0, 0.1) is 34.5 Å². The molecule has 5 rings (SSSR count). The van der Waals surface area contributed by atoms with Crippen molar-refractivity contribution >= 4 is 0 Å². The van der Waals surface area contributed by atoms with Crippen molar-refractivity contribution in [3.8, 4) is 0 Å². The van der Waals surface area contributed by atoms with Gasteiger partial charge in [0.25, 0.3) is 0 Å². The van der Waals surface area contributed by atoms with Crippen molar-refractivity contribution in [1.29, 1.82) is 0 Å². The van der Waals surface area contributed by atoms with E-state index in [0.717, 1.165) is 29.1 Å². The number of fused-ring (bicyclic) bond motifs is 5. The zero-order valence-corrected chi connectivity index (χ0v) is 13.4. The summed E-state index contributed by atoms with van der Waals surface area (Å²) >= 11 is 0. The number of allylic oxidation sites excluding steroid dienone is 2. The fraction of sp³-hybridized carbons (Fsp3) is 0.900. The Balaban J connectivity index is 1.50. The molecule has 0 N–H and O–H groups in total. The van der Waals surface area contributed by atoms with Gasteiger partial charge in [-0.3, -0.25) is 0 Å². The lowest BCUT2D eigenvalue weighted by molar-refractivity contribution is -0.0871. The maximum atomic E-state index is 2.70. The van der Waals surface area contributed by atoms with Crippen LogP contribution in [0.15, 0.2) is 11.1 Å². The van der Waals surface area contributed by atoms with Crippen LogP contribution >= 0.6 is 0 Å². The molecule has 0 radical (unpaired) electrons. The van der Waals surface area contributed by atoms with Gasteiger partial charge in [0.2, 0.25) is 0 Å². The van der Waals surface area contributed by atoms with Gasteiger partial charge in [-0.15, -0.1) is 0 Å². The Morgan fingerprint density at radius 2 is 1.80 bits per heavy atom. The third kappa shape index (κ3) is 1.44. The summed E-state index contributed by atoms with van der Waals surface area (Å²) in [4.78, 5) is 0. The van der Waals surface area contributed by atoms with E-state index in [0.29, 0.717) is 5.41 Å². The maximum Gasteiger partial charge on any atom is -0.0103 e. The normalized spacial score (nSPS) is 56.7. The van der Waals surface area contributed by atoms with Gasteiger partial charge in [-0.2, -0.15) is 0 Å². The van der Waals surface area contributed by atoms with Crippen molar-refractivity contribution in [1.82, 2.24) is 0 Å². The van der Waals surface area contributed by atoms with Gasteiger partial charge in [0.1, 0.15) is 0 Å². The molecule has 0 saturated heterocycles. The Kier molecular flexibility index (Phi) is 2.30. The summed E-state index contributed by atoms with van der Waals surface area (Å²) in [6.45, 7) is 5.34. The minimum absolute atomic E-state index is 0.697. The van der Waals surface area contributed by atoms with Gasteiger partial charge in [-0.1, -0.05) is 31.4 Å². The molecule has 0 heteroatoms. The van der Waals surface area contributed by atoms with Crippen LogP contribution in [-0.4, -0.2) is 0 Å². The second kappa shape index (κ2) is 3.73. The first kappa shape index (κ1) is 12.3. The predicted molar refractivity (Wildman–Crippen MR) is 83.4 cm³/mol. The summed E-state index contributed by atoms with van der Waals surface area (Å²) in [5.41, 5.74) is 5.21. The average molecular weight is 270 g/mol. The fourth-order valence-corrected chi connectivity index (χ4v) is 7.51. The third-order valence-electron chi connectivity index (χ3n) is 8.74. The SMILES string of the molecule is C[C@@]12CCCC1C1CC[C@H]3CC4=C(C4)C[C@]3(C)C1CC2. The quantitative estimate of drug-likeness (QED) is 0.493. The summed E-state index contributed by atoms with van der Waals surface area (Å²) in [6.07, 6.45) is 15.3. The highest BCUT2D eigenvalue weighted by atomic mass is 14.6. The monoisotopic (exact) mass is 270 g/mol. The summed E-state index contributed by atoms with van der Waals surface area (Å²) in [7, 11) is 0. The van der Waals surface area contributed by atoms with E-state index in [-0.39, 0.29) is 0 Å². The molecule has 5 aliphatic rings. The van der Waals surface area contributed by atoms with Crippen LogP contribution < -0.4 is 0 Å². The molecule has 20 heavy (non-hydrogen) atoms. The first-order valence-electron chi connectivity index (χ1n) is 9.30. The molecule has 0 aliphatic heterocycles. The lowest BCUT2D eigenvalue weighted by Crippen LogP contribution is -2.51. The third-order valence-corrected chi connectivity index (χ3v) is 8.74. The lowest BCUT2D eigenvalue weighted by Gasteiger charge is -2.59. The van der Waals surface area contributed by atoms with Crippen LogP contribution in [-0.2, 0) is 0 Å². The molecule has 5 aliphatic carbocycles. The zero-order chi connectivity index (χ0) is 13.5. The Morgan fingerprint density at radius 1 is 0.900 bits per heavy atom. The van der Waals surface area contributed by atoms with E-state index in [1.54, 1.807) is 32.1 Å². The van der Waals surface area contributed by atoms with Crippen LogP contribution in [0.2, 0.25) is 0 Å². The Bertz CT molecular complexity index is 486. The van der Waals surface area contributed by atoms with Crippen LogP contribution in [0.25, 0.3) is 0 Å². The lowest BCUT2D eigenvalue weighted by atomic mass is 9.46. The van der Waals surface area contributed by atoms with Crippen molar-refractivity contribution in [3.63, 3.8) is 0 Å². The smallest absolute Gasteiger partial charge is 0.0103 e. The first-order chi connectivity index (χ1) is 9.60. The van der Waals surface area contributed by atoms with E-state index in [9.17, 15) is 0 Å². The van der Waals surface area contributed by atoms with Crippen molar-refractivity contribution in [2.24, 2.45) is 34.5 Å². The second-order valence-electron chi connectivity index (χ2n) is 9.51. The molecule has 0 aromatic rings. The van der Waals surface area contributed by atoms with Crippen LogP contribution in [0.1, 0.15) is 78.1 Å². The van der Waals surface area contributed by atoms with E-state index in [1.165, 1.54) is 32.1 Å². The van der Waals surface area contributed by atoms with E-state index < -0.39 is 0 Å². The predicted octanol–water partition coefficient (Wildman–Crippen LogP) is 5.73. The molecule has 110 valence electrons. The van der Waals surface area contributed by atoms with E-state index in [1.807, 2.05) is 11.1 Å². The standard InChI is InChI=1S/C20H30/c1-19-8-3-4-17(19)16-6-5-15-11-13-10-14(13)12-20(15,2)18(16)7-9-19/h15-18H,3-12H2,1-2H3/t15-,16?,17?,18?,19-,20-/m0/s1. The minimum atomic E-state index is 0.697. The second-order valence-corrected chi connectivity index (χ2v) is 9.51. The first-order valence-corrected chi connectivity index (χ1v) is 9.30. The molecule has 3 saturated carbocycles. The molecule has 6 atom stereocenters. The highest BCUT2D eigenvalue weighted by Gasteiger charge is 2.58. The van der Waals surface area contributed by atoms with Gasteiger partial charge in [0, 0.05) is 0 Å². The van der Waals surface area contributed by atoms with Crippen molar-refractivity contribution in [2.45, 2.75) is 78.1 Å². The zero-order valence-electron chi connectivity index (χ0n) is 13.4. The minimum Gasteiger partial charge on any atom is -0.0663 e. The van der Waals surface area contributed by atoms with Crippen LogP contribution in [0.4, 0.5) is 0 Å². The fourth-order valence-electron chi connectivity index (χ4n) is 7.51. The van der Waals surface area contributed by atoms with E-state index in [4.69, 9.17) is 0 Å². The number of hydrogen-bond acceptors (Lipinski definition) is 0. The van der Waals surface area contributed by atoms with E-state index in [2.05, 4.69) is 13.8 Å². The Morgan fingerprint density at radius 3 is 2.70 bits per heavy atom. The summed E-state index contributed by atoms with van der Waals surface area (Å²) in [6, 6.07) is 0. The number of rotatable bonds is 0. The van der Waals surface area contributed by atoms with Crippen molar-refractivity contribution in [3.05, 3.63) is 11.1 Å². The van der Waals surface area contributed by atoms with Crippen molar-refractivity contribution in [2.75, 3.05) is 0 Å². The topological polar surface area (TPSA) is 0 Å². The van der Waals surface area contributed by atoms with Crippen LogP contribution in [0.3, 0.4) is 0 Å². The molecule has 0 amide bonds. The van der Waals surface area contributed by atoms with Gasteiger partial charge in [-0.25, -0.2) is 0 Å². The van der Waals surface area contributed by atoms with Crippen molar-refractivity contribution < 1.29 is 0 Å². The molecule has 0 bridgehead atoms. The maximum absolute atomic E-state index is 2.70. The molecule has 0 nitrogen and oxygen atoms in total. The van der Waals surface area contributed by atoms with Gasteiger partial charge < -0.3 is 0 Å². The molecule has 0 aromatic carbocycles. The molecule has 0 spiro atoms. The average Bonchev–Trinajstić information content (AvgIpc) is 3.03. The Labute approximate surface area is 124 Å². The Hall–Kier alpha value is -0.260. The van der Waals surface area contributed by atoms with E-state index >= 15 is 0 Å². The summed E-state index contributed by atoms with van der Waals surface area (Å²) in [5, 5.41) is 0. The molecular weight excluding hydrogens is 240 g/mol. The van der Waals surface area contributed by atoms with Crippen LogP contribution in [0.5, 0.6) is 0 Å². The molecule has 3 unspecified atom stereocenters. The van der Waals surface area contributed by atoms with Gasteiger partial charge in [0.15, 0.2) is 0 Å². The molecular formula is C20H30. The molecule has 3 fully saturated rings. The highest BCUT2D eigenvalue weighted by Crippen LogP contribution is 2.68.